The first kappa shape index (κ1) is 13.7. The molecule has 0 saturated carbocycles. The fourth-order valence-electron chi connectivity index (χ4n) is 1.11. The van der Waals surface area contributed by atoms with Gasteiger partial charge in [0.2, 0.25) is 0 Å². The Morgan fingerprint density at radius 3 is 2.59 bits per heavy atom. The Kier molecular flexibility index (Phi) is 4.25. The number of aliphatic hydroxyl groups is 1. The second-order valence-corrected chi connectivity index (χ2v) is 5.05. The van der Waals surface area contributed by atoms with Gasteiger partial charge in [-0.25, -0.2) is 4.79 Å². The van der Waals surface area contributed by atoms with E-state index in [1.807, 2.05) is 13.0 Å². The first-order valence-electron chi connectivity index (χ1n) is 5.19. The monoisotopic (exact) mass is 257 g/mol. The van der Waals surface area contributed by atoms with Gasteiger partial charge in [-0.15, -0.1) is 11.3 Å². The molecular weight excluding hydrogens is 242 g/mol. The van der Waals surface area contributed by atoms with Crippen LogP contribution < -0.4 is 5.32 Å². The van der Waals surface area contributed by atoms with Crippen LogP contribution in [0.1, 0.15) is 28.4 Å². The van der Waals surface area contributed by atoms with Crippen LogP contribution in [-0.2, 0) is 11.2 Å². The molecule has 0 bridgehead atoms. The molecular formula is C11H15NO4S. The molecule has 1 aromatic heterocycles. The molecule has 0 aliphatic heterocycles. The van der Waals surface area contributed by atoms with E-state index in [0.29, 0.717) is 4.88 Å². The maximum atomic E-state index is 11.6. The van der Waals surface area contributed by atoms with Crippen LogP contribution >= 0.6 is 11.3 Å². The van der Waals surface area contributed by atoms with E-state index >= 15 is 0 Å². The standard InChI is InChI=1S/C11H15NO4S/c1-3-7-4-5-8(17-7)9(13)12-6-11(2,16)10(14)15/h4-5,16H,3,6H2,1-2H3,(H,12,13)(H,14,15). The molecule has 1 atom stereocenters. The zero-order chi connectivity index (χ0) is 13.1. The normalized spacial score (nSPS) is 14.1. The van der Waals surface area contributed by atoms with Crippen LogP contribution in [0.2, 0.25) is 0 Å². The van der Waals surface area contributed by atoms with Crippen molar-refractivity contribution in [2.45, 2.75) is 25.9 Å². The molecule has 1 rings (SSSR count). The molecule has 1 heterocycles. The van der Waals surface area contributed by atoms with Gasteiger partial charge in [-0.3, -0.25) is 4.79 Å². The van der Waals surface area contributed by atoms with E-state index in [-0.39, 0.29) is 12.5 Å². The third-order valence-corrected chi connectivity index (χ3v) is 3.52. The highest BCUT2D eigenvalue weighted by Crippen LogP contribution is 2.16. The van der Waals surface area contributed by atoms with Crippen molar-refractivity contribution in [1.29, 1.82) is 0 Å². The van der Waals surface area contributed by atoms with Crippen LogP contribution in [0.3, 0.4) is 0 Å². The highest BCUT2D eigenvalue weighted by atomic mass is 32.1. The number of amides is 1. The molecule has 94 valence electrons. The molecule has 0 aromatic carbocycles. The number of aryl methyl sites for hydroxylation is 1. The van der Waals surface area contributed by atoms with Gasteiger partial charge in [0.15, 0.2) is 5.60 Å². The van der Waals surface area contributed by atoms with Gasteiger partial charge in [-0.1, -0.05) is 6.92 Å². The number of thiophene rings is 1. The number of hydrogen-bond acceptors (Lipinski definition) is 4. The third-order valence-electron chi connectivity index (χ3n) is 2.29. The summed E-state index contributed by atoms with van der Waals surface area (Å²) in [5.41, 5.74) is -1.94. The first-order chi connectivity index (χ1) is 7.86. The summed E-state index contributed by atoms with van der Waals surface area (Å²) in [6.07, 6.45) is 0.852. The predicted molar refractivity (Wildman–Crippen MR) is 64.3 cm³/mol. The maximum Gasteiger partial charge on any atom is 0.337 e. The highest BCUT2D eigenvalue weighted by molar-refractivity contribution is 7.14. The van der Waals surface area contributed by atoms with Gasteiger partial charge in [0.05, 0.1) is 11.4 Å². The van der Waals surface area contributed by atoms with Crippen molar-refractivity contribution in [1.82, 2.24) is 5.32 Å². The lowest BCUT2D eigenvalue weighted by Gasteiger charge is -2.17. The minimum absolute atomic E-state index is 0.319. The Morgan fingerprint density at radius 2 is 2.12 bits per heavy atom. The zero-order valence-electron chi connectivity index (χ0n) is 9.69. The lowest BCUT2D eigenvalue weighted by atomic mass is 10.1. The van der Waals surface area contributed by atoms with Crippen LogP contribution in [0, 0.1) is 0 Å². The van der Waals surface area contributed by atoms with Gasteiger partial charge in [0, 0.05) is 4.88 Å². The van der Waals surface area contributed by atoms with Crippen LogP contribution in [-0.4, -0.2) is 34.2 Å². The number of hydrogen-bond donors (Lipinski definition) is 3. The lowest BCUT2D eigenvalue weighted by molar-refractivity contribution is -0.155. The topological polar surface area (TPSA) is 86.6 Å². The molecule has 1 amide bonds. The van der Waals surface area contributed by atoms with Crippen molar-refractivity contribution in [3.63, 3.8) is 0 Å². The minimum Gasteiger partial charge on any atom is -0.479 e. The molecule has 17 heavy (non-hydrogen) atoms. The summed E-state index contributed by atoms with van der Waals surface area (Å²) in [5.74, 6) is -1.73. The fourth-order valence-corrected chi connectivity index (χ4v) is 1.97. The molecule has 0 radical (unpaired) electrons. The summed E-state index contributed by atoms with van der Waals surface area (Å²) in [5, 5.41) is 20.5. The summed E-state index contributed by atoms with van der Waals surface area (Å²) in [6, 6.07) is 3.54. The van der Waals surface area contributed by atoms with E-state index in [1.165, 1.54) is 11.3 Å². The number of aliphatic carboxylic acids is 1. The molecule has 0 aliphatic rings. The van der Waals surface area contributed by atoms with Gasteiger partial charge in [-0.2, -0.15) is 0 Å². The Labute approximate surface area is 103 Å². The van der Waals surface area contributed by atoms with E-state index in [0.717, 1.165) is 18.2 Å². The lowest BCUT2D eigenvalue weighted by Crippen LogP contribution is -2.46. The molecule has 0 spiro atoms. The van der Waals surface area contributed by atoms with Crippen molar-refractivity contribution in [2.24, 2.45) is 0 Å². The summed E-state index contributed by atoms with van der Waals surface area (Å²) < 4.78 is 0. The van der Waals surface area contributed by atoms with Crippen LogP contribution in [0.5, 0.6) is 0 Å². The van der Waals surface area contributed by atoms with Gasteiger partial charge in [0.25, 0.3) is 5.91 Å². The first-order valence-corrected chi connectivity index (χ1v) is 6.01. The number of carbonyl (C=O) groups excluding carboxylic acids is 1. The molecule has 1 unspecified atom stereocenters. The van der Waals surface area contributed by atoms with Gasteiger partial charge in [-0.05, 0) is 25.5 Å². The van der Waals surface area contributed by atoms with Gasteiger partial charge in [0.1, 0.15) is 0 Å². The quantitative estimate of drug-likeness (QED) is 0.730. The van der Waals surface area contributed by atoms with Crippen LogP contribution in [0.15, 0.2) is 12.1 Å². The molecule has 1 aromatic rings. The van der Waals surface area contributed by atoms with Crippen molar-refractivity contribution in [3.05, 3.63) is 21.9 Å². The third kappa shape index (κ3) is 3.54. The molecule has 5 nitrogen and oxygen atoms in total. The molecule has 3 N–H and O–H groups in total. The Balaban J connectivity index is 2.58. The van der Waals surface area contributed by atoms with E-state index < -0.39 is 11.6 Å². The minimum atomic E-state index is -1.94. The van der Waals surface area contributed by atoms with Crippen LogP contribution in [0.25, 0.3) is 0 Å². The molecule has 0 fully saturated rings. The summed E-state index contributed by atoms with van der Waals surface area (Å²) in [6.45, 7) is 2.81. The Bertz CT molecular complexity index is 425. The second-order valence-electron chi connectivity index (χ2n) is 3.88. The predicted octanol–water partition coefficient (Wildman–Crippen LogP) is 0.876. The van der Waals surface area contributed by atoms with Crippen LogP contribution in [0.4, 0.5) is 0 Å². The number of carboxylic acids is 1. The number of carbonyl (C=O) groups is 2. The second kappa shape index (κ2) is 5.29. The SMILES string of the molecule is CCc1ccc(C(=O)NCC(C)(O)C(=O)O)s1. The summed E-state index contributed by atoms with van der Waals surface area (Å²) in [7, 11) is 0. The number of rotatable bonds is 5. The maximum absolute atomic E-state index is 11.6. The van der Waals surface area contributed by atoms with Crippen molar-refractivity contribution < 1.29 is 19.8 Å². The smallest absolute Gasteiger partial charge is 0.337 e. The summed E-state index contributed by atoms with van der Waals surface area (Å²) >= 11 is 1.36. The Morgan fingerprint density at radius 1 is 1.47 bits per heavy atom. The van der Waals surface area contributed by atoms with E-state index in [2.05, 4.69) is 5.32 Å². The number of nitrogens with one attached hydrogen (secondary N) is 1. The van der Waals surface area contributed by atoms with Gasteiger partial charge >= 0.3 is 5.97 Å². The molecule has 0 aliphatic carbocycles. The van der Waals surface area contributed by atoms with E-state index in [1.54, 1.807) is 6.07 Å². The molecule has 6 heteroatoms. The van der Waals surface area contributed by atoms with Gasteiger partial charge < -0.3 is 15.5 Å². The largest absolute Gasteiger partial charge is 0.479 e. The number of carboxylic acid groups (broad SMARTS) is 1. The van der Waals surface area contributed by atoms with Crippen molar-refractivity contribution >= 4 is 23.2 Å². The fraction of sp³-hybridized carbons (Fsp3) is 0.455. The van der Waals surface area contributed by atoms with Crippen molar-refractivity contribution in [2.75, 3.05) is 6.54 Å². The molecule has 0 saturated heterocycles. The van der Waals surface area contributed by atoms with E-state index in [4.69, 9.17) is 5.11 Å². The summed E-state index contributed by atoms with van der Waals surface area (Å²) in [4.78, 5) is 23.9. The van der Waals surface area contributed by atoms with Crippen molar-refractivity contribution in [3.8, 4) is 0 Å². The highest BCUT2D eigenvalue weighted by Gasteiger charge is 2.30. The van der Waals surface area contributed by atoms with E-state index in [9.17, 15) is 14.7 Å². The Hall–Kier alpha value is -1.40. The average Bonchev–Trinajstić information content (AvgIpc) is 2.74. The zero-order valence-corrected chi connectivity index (χ0v) is 10.5. The average molecular weight is 257 g/mol.